The van der Waals surface area contributed by atoms with E-state index >= 15 is 0 Å². The molecule has 1 amide bonds. The van der Waals surface area contributed by atoms with Crippen LogP contribution in [0.1, 0.15) is 45.7 Å². The van der Waals surface area contributed by atoms with Gasteiger partial charge in [-0.05, 0) is 53.7 Å². The molecular formula is C26H33N5O4S. The van der Waals surface area contributed by atoms with Crippen LogP contribution in [0.2, 0.25) is 0 Å². The Balaban J connectivity index is 1.75. The minimum atomic E-state index is -3.89. The van der Waals surface area contributed by atoms with E-state index in [1.807, 2.05) is 41.5 Å². The SMILES string of the molecule is C=Cc1cn(S(=O)(=O)c2ccc(C)cc2)c2ncnc(N3C[C@H](C)N(C(=O)OC(C)(C)C)CC3C)c12. The first-order valence-electron chi connectivity index (χ1n) is 11.9. The second kappa shape index (κ2) is 9.24. The number of rotatable bonds is 4. The Morgan fingerprint density at radius 3 is 2.39 bits per heavy atom. The number of nitrogens with zero attached hydrogens (tertiary/aromatic N) is 5. The largest absolute Gasteiger partial charge is 0.444 e. The molecule has 192 valence electrons. The monoisotopic (exact) mass is 511 g/mol. The van der Waals surface area contributed by atoms with E-state index in [2.05, 4.69) is 21.4 Å². The van der Waals surface area contributed by atoms with Gasteiger partial charge in [-0.15, -0.1) is 0 Å². The van der Waals surface area contributed by atoms with E-state index in [1.54, 1.807) is 35.2 Å². The van der Waals surface area contributed by atoms with Crippen LogP contribution in [0, 0.1) is 6.92 Å². The van der Waals surface area contributed by atoms with E-state index in [9.17, 15) is 13.2 Å². The van der Waals surface area contributed by atoms with Crippen molar-refractivity contribution in [3.8, 4) is 0 Å². The van der Waals surface area contributed by atoms with Gasteiger partial charge in [0.1, 0.15) is 17.7 Å². The fourth-order valence-corrected chi connectivity index (χ4v) is 5.75. The summed E-state index contributed by atoms with van der Waals surface area (Å²) in [4.78, 5) is 25.7. The molecule has 1 unspecified atom stereocenters. The van der Waals surface area contributed by atoms with Crippen LogP contribution in [0.5, 0.6) is 0 Å². The van der Waals surface area contributed by atoms with E-state index in [0.29, 0.717) is 29.9 Å². The maximum atomic E-state index is 13.5. The maximum absolute atomic E-state index is 13.5. The van der Waals surface area contributed by atoms with Gasteiger partial charge in [-0.25, -0.2) is 27.2 Å². The van der Waals surface area contributed by atoms with Crippen molar-refractivity contribution in [3.05, 3.63) is 54.5 Å². The Kier molecular flexibility index (Phi) is 6.59. The minimum absolute atomic E-state index is 0.0958. The fraction of sp³-hybridized carbons (Fsp3) is 0.423. The number of hydrogen-bond donors (Lipinski definition) is 0. The molecule has 2 aromatic heterocycles. The van der Waals surface area contributed by atoms with Crippen LogP contribution in [0.25, 0.3) is 17.1 Å². The third-order valence-electron chi connectivity index (χ3n) is 6.24. The minimum Gasteiger partial charge on any atom is -0.444 e. The number of ether oxygens (including phenoxy) is 1. The zero-order chi connectivity index (χ0) is 26.4. The van der Waals surface area contributed by atoms with E-state index in [1.165, 1.54) is 16.5 Å². The lowest BCUT2D eigenvalue weighted by atomic mass is 10.1. The van der Waals surface area contributed by atoms with Gasteiger partial charge in [-0.3, -0.25) is 0 Å². The second-order valence-electron chi connectivity index (χ2n) is 10.3. The smallest absolute Gasteiger partial charge is 0.410 e. The van der Waals surface area contributed by atoms with Gasteiger partial charge < -0.3 is 14.5 Å². The van der Waals surface area contributed by atoms with Crippen LogP contribution >= 0.6 is 0 Å². The number of amides is 1. The molecule has 0 bridgehead atoms. The number of carbonyl (C=O) groups excluding carboxylic acids is 1. The van der Waals surface area contributed by atoms with Crippen molar-refractivity contribution in [1.82, 2.24) is 18.8 Å². The molecule has 1 aromatic carbocycles. The molecule has 0 aliphatic carbocycles. The molecule has 0 saturated carbocycles. The fourth-order valence-electron chi connectivity index (χ4n) is 4.42. The predicted molar refractivity (Wildman–Crippen MR) is 141 cm³/mol. The molecule has 3 aromatic rings. The van der Waals surface area contributed by atoms with Crippen molar-refractivity contribution in [2.24, 2.45) is 0 Å². The number of aryl methyl sites for hydroxylation is 1. The molecule has 1 fully saturated rings. The van der Waals surface area contributed by atoms with Crippen molar-refractivity contribution in [2.75, 3.05) is 18.0 Å². The highest BCUT2D eigenvalue weighted by molar-refractivity contribution is 7.90. The highest BCUT2D eigenvalue weighted by atomic mass is 32.2. The first-order valence-corrected chi connectivity index (χ1v) is 13.3. The first-order chi connectivity index (χ1) is 16.8. The average molecular weight is 512 g/mol. The number of piperazine rings is 1. The van der Waals surface area contributed by atoms with Crippen LogP contribution in [0.15, 0.2) is 48.3 Å². The molecule has 36 heavy (non-hydrogen) atoms. The molecule has 0 spiro atoms. The summed E-state index contributed by atoms with van der Waals surface area (Å²) in [5.74, 6) is 0.607. The summed E-state index contributed by atoms with van der Waals surface area (Å²) in [6, 6.07) is 6.46. The van der Waals surface area contributed by atoms with Gasteiger partial charge in [0.05, 0.1) is 10.3 Å². The standard InChI is InChI=1S/C26H33N5O4S/c1-8-20-15-31(36(33,34)21-11-9-17(2)10-12-21)24-22(20)23(27-16-28-24)29-13-19(4)30(14-18(29)3)25(32)35-26(5,6)7/h8-12,15-16,18-19H,1,13-14H2,2-7H3/t18?,19-/m0/s1. The lowest BCUT2D eigenvalue weighted by Gasteiger charge is -2.44. The quantitative estimate of drug-likeness (QED) is 0.510. The summed E-state index contributed by atoms with van der Waals surface area (Å²) in [6.45, 7) is 16.2. The van der Waals surface area contributed by atoms with Crippen LogP contribution in [-0.4, -0.2) is 64.1 Å². The maximum Gasteiger partial charge on any atom is 0.410 e. The molecule has 1 saturated heterocycles. The average Bonchev–Trinajstić information content (AvgIpc) is 3.19. The van der Waals surface area contributed by atoms with Crippen LogP contribution in [0.4, 0.5) is 10.6 Å². The van der Waals surface area contributed by atoms with E-state index in [4.69, 9.17) is 4.74 Å². The van der Waals surface area contributed by atoms with Crippen molar-refractivity contribution >= 4 is 39.0 Å². The zero-order valence-electron chi connectivity index (χ0n) is 21.6. The second-order valence-corrected chi connectivity index (χ2v) is 12.1. The lowest BCUT2D eigenvalue weighted by molar-refractivity contribution is 0.0130. The number of anilines is 1. The molecule has 1 aliphatic rings. The van der Waals surface area contributed by atoms with Gasteiger partial charge in [-0.1, -0.05) is 30.4 Å². The van der Waals surface area contributed by atoms with Gasteiger partial charge in [-0.2, -0.15) is 0 Å². The van der Waals surface area contributed by atoms with Crippen molar-refractivity contribution in [1.29, 1.82) is 0 Å². The van der Waals surface area contributed by atoms with Gasteiger partial charge in [0, 0.05) is 36.9 Å². The summed E-state index contributed by atoms with van der Waals surface area (Å²) in [6.07, 6.45) is 4.18. The van der Waals surface area contributed by atoms with Crippen LogP contribution in [-0.2, 0) is 14.8 Å². The van der Waals surface area contributed by atoms with Gasteiger partial charge in [0.25, 0.3) is 10.0 Å². The summed E-state index contributed by atoms with van der Waals surface area (Å²) in [5.41, 5.74) is 1.28. The summed E-state index contributed by atoms with van der Waals surface area (Å²) in [7, 11) is -3.89. The van der Waals surface area contributed by atoms with Gasteiger partial charge >= 0.3 is 6.09 Å². The molecule has 0 radical (unpaired) electrons. The highest BCUT2D eigenvalue weighted by Crippen LogP contribution is 2.34. The van der Waals surface area contributed by atoms with E-state index in [-0.39, 0.29) is 28.7 Å². The lowest BCUT2D eigenvalue weighted by Crippen LogP contribution is -2.59. The van der Waals surface area contributed by atoms with Gasteiger partial charge in [0.2, 0.25) is 0 Å². The number of fused-ring (bicyclic) bond motifs is 1. The molecule has 1 aliphatic heterocycles. The summed E-state index contributed by atoms with van der Waals surface area (Å²) >= 11 is 0. The third kappa shape index (κ3) is 4.69. The Hall–Kier alpha value is -3.40. The van der Waals surface area contributed by atoms with E-state index in [0.717, 1.165) is 5.56 Å². The normalized spacial score (nSPS) is 18.9. The van der Waals surface area contributed by atoms with Crippen molar-refractivity contribution in [3.63, 3.8) is 0 Å². The van der Waals surface area contributed by atoms with Crippen LogP contribution in [0.3, 0.4) is 0 Å². The number of hydrogen-bond acceptors (Lipinski definition) is 7. The van der Waals surface area contributed by atoms with Crippen LogP contribution < -0.4 is 4.90 Å². The van der Waals surface area contributed by atoms with Gasteiger partial charge in [0.15, 0.2) is 5.65 Å². The van der Waals surface area contributed by atoms with E-state index < -0.39 is 15.6 Å². The van der Waals surface area contributed by atoms with Crippen molar-refractivity contribution < 1.29 is 17.9 Å². The first kappa shape index (κ1) is 25.7. The number of aromatic nitrogens is 3. The Labute approximate surface area is 212 Å². The number of benzene rings is 1. The molecule has 9 nitrogen and oxygen atoms in total. The molecule has 3 heterocycles. The summed E-state index contributed by atoms with van der Waals surface area (Å²) in [5, 5.41) is 0.605. The Morgan fingerprint density at radius 1 is 1.11 bits per heavy atom. The topological polar surface area (TPSA) is 97.6 Å². The molecular weight excluding hydrogens is 478 g/mol. The Bertz CT molecular complexity index is 1410. The molecule has 2 atom stereocenters. The molecule has 10 heteroatoms. The predicted octanol–water partition coefficient (Wildman–Crippen LogP) is 4.45. The van der Waals surface area contributed by atoms with Crippen molar-refractivity contribution in [2.45, 2.75) is 64.1 Å². The Morgan fingerprint density at radius 2 is 1.78 bits per heavy atom. The third-order valence-corrected chi connectivity index (χ3v) is 7.91. The summed E-state index contributed by atoms with van der Waals surface area (Å²) < 4.78 is 33.8. The highest BCUT2D eigenvalue weighted by Gasteiger charge is 2.36. The molecule has 4 rings (SSSR count). The zero-order valence-corrected chi connectivity index (χ0v) is 22.4. The molecule has 0 N–H and O–H groups in total. The number of carbonyl (C=O) groups is 1.